The highest BCUT2D eigenvalue weighted by Gasteiger charge is 2.13. The van der Waals surface area contributed by atoms with Gasteiger partial charge in [0.2, 0.25) is 0 Å². The lowest BCUT2D eigenvalue weighted by molar-refractivity contribution is 0.102. The predicted molar refractivity (Wildman–Crippen MR) is 89.6 cm³/mol. The molecule has 0 fully saturated rings. The van der Waals surface area contributed by atoms with Crippen LogP contribution in [0.4, 0.5) is 5.69 Å². The summed E-state index contributed by atoms with van der Waals surface area (Å²) in [5.41, 5.74) is 2.09. The number of thiophene rings is 1. The lowest BCUT2D eigenvalue weighted by Crippen LogP contribution is -2.13. The molecule has 6 heteroatoms. The molecule has 1 N–H and O–H groups in total. The van der Waals surface area contributed by atoms with Gasteiger partial charge in [0.1, 0.15) is 10.7 Å². The van der Waals surface area contributed by atoms with Crippen molar-refractivity contribution in [1.82, 2.24) is 4.98 Å². The normalized spacial score (nSPS) is 10.6. The lowest BCUT2D eigenvalue weighted by atomic mass is 10.2. The van der Waals surface area contributed by atoms with Gasteiger partial charge in [0, 0.05) is 16.1 Å². The van der Waals surface area contributed by atoms with E-state index in [0.717, 1.165) is 15.4 Å². The summed E-state index contributed by atoms with van der Waals surface area (Å²) in [6.07, 6.45) is 0. The highest BCUT2D eigenvalue weighted by Crippen LogP contribution is 2.28. The Hall–Kier alpha value is -1.69. The summed E-state index contributed by atoms with van der Waals surface area (Å²) in [7, 11) is 0. The molecule has 0 bridgehead atoms. The molecule has 0 spiro atoms. The number of rotatable bonds is 3. The van der Waals surface area contributed by atoms with E-state index in [0.29, 0.717) is 16.4 Å². The summed E-state index contributed by atoms with van der Waals surface area (Å²) >= 11 is 9.03. The monoisotopic (exact) mass is 334 g/mol. The summed E-state index contributed by atoms with van der Waals surface area (Å²) in [5, 5.41) is 8.06. The molecule has 106 valence electrons. The molecule has 0 radical (unpaired) electrons. The van der Waals surface area contributed by atoms with Crippen LogP contribution in [0.3, 0.4) is 0 Å². The molecule has 3 rings (SSSR count). The zero-order valence-electron chi connectivity index (χ0n) is 11.1. The number of amides is 1. The van der Waals surface area contributed by atoms with Crippen LogP contribution in [0.25, 0.3) is 9.88 Å². The fraction of sp³-hybridized carbons (Fsp3) is 0.0667. The number of carbonyl (C=O) groups excluding carboxylic acids is 1. The zero-order valence-corrected chi connectivity index (χ0v) is 13.5. The van der Waals surface area contributed by atoms with Crippen LogP contribution >= 0.6 is 34.3 Å². The molecule has 0 aliphatic carbocycles. The number of aromatic nitrogens is 1. The number of benzene rings is 1. The van der Waals surface area contributed by atoms with Crippen molar-refractivity contribution in [3.8, 4) is 9.88 Å². The first-order valence-electron chi connectivity index (χ1n) is 6.20. The lowest BCUT2D eigenvalue weighted by Gasteiger charge is -2.07. The molecule has 0 unspecified atom stereocenters. The third kappa shape index (κ3) is 3.15. The van der Waals surface area contributed by atoms with Crippen LogP contribution in [0.5, 0.6) is 0 Å². The van der Waals surface area contributed by atoms with E-state index in [4.69, 9.17) is 11.6 Å². The van der Waals surface area contributed by atoms with Gasteiger partial charge in [0.25, 0.3) is 5.91 Å². The van der Waals surface area contributed by atoms with E-state index in [1.807, 2.05) is 30.5 Å². The van der Waals surface area contributed by atoms with Crippen molar-refractivity contribution in [3.63, 3.8) is 0 Å². The van der Waals surface area contributed by atoms with Gasteiger partial charge in [-0.15, -0.1) is 22.7 Å². The number of halogens is 1. The zero-order chi connectivity index (χ0) is 14.8. The first-order valence-corrected chi connectivity index (χ1v) is 8.34. The molecule has 2 heterocycles. The van der Waals surface area contributed by atoms with E-state index in [-0.39, 0.29) is 5.91 Å². The Bertz CT molecular complexity index is 781. The van der Waals surface area contributed by atoms with Gasteiger partial charge in [-0.25, -0.2) is 4.98 Å². The Morgan fingerprint density at radius 1 is 1.29 bits per heavy atom. The van der Waals surface area contributed by atoms with Crippen molar-refractivity contribution >= 4 is 45.9 Å². The molecule has 1 aromatic carbocycles. The van der Waals surface area contributed by atoms with E-state index in [1.54, 1.807) is 28.8 Å². The maximum atomic E-state index is 12.3. The van der Waals surface area contributed by atoms with Crippen molar-refractivity contribution in [2.24, 2.45) is 0 Å². The minimum absolute atomic E-state index is 0.223. The molecule has 21 heavy (non-hydrogen) atoms. The smallest absolute Gasteiger partial charge is 0.275 e. The first kappa shape index (κ1) is 14.3. The summed E-state index contributed by atoms with van der Waals surface area (Å²) < 4.78 is 0. The summed E-state index contributed by atoms with van der Waals surface area (Å²) in [4.78, 5) is 17.7. The van der Waals surface area contributed by atoms with Crippen LogP contribution < -0.4 is 5.32 Å². The Morgan fingerprint density at radius 3 is 2.90 bits per heavy atom. The van der Waals surface area contributed by atoms with Crippen molar-refractivity contribution in [3.05, 3.63) is 57.4 Å². The van der Waals surface area contributed by atoms with Crippen LogP contribution in [0.2, 0.25) is 5.02 Å². The fourth-order valence-electron chi connectivity index (χ4n) is 1.81. The van der Waals surface area contributed by atoms with Gasteiger partial charge in [0.15, 0.2) is 0 Å². The molecule has 3 aromatic rings. The average molecular weight is 335 g/mol. The fourth-order valence-corrected chi connectivity index (χ4v) is 3.59. The molecule has 3 nitrogen and oxygen atoms in total. The van der Waals surface area contributed by atoms with Gasteiger partial charge < -0.3 is 5.32 Å². The number of aryl methyl sites for hydroxylation is 1. The molecule has 1 amide bonds. The van der Waals surface area contributed by atoms with E-state index in [9.17, 15) is 4.79 Å². The van der Waals surface area contributed by atoms with Crippen molar-refractivity contribution < 1.29 is 4.79 Å². The molecular weight excluding hydrogens is 324 g/mol. The number of nitrogens with zero attached hydrogens (tertiary/aromatic N) is 1. The van der Waals surface area contributed by atoms with Gasteiger partial charge in [-0.1, -0.05) is 23.7 Å². The second-order valence-electron chi connectivity index (χ2n) is 4.43. The number of carbonyl (C=O) groups is 1. The summed E-state index contributed by atoms with van der Waals surface area (Å²) in [6.45, 7) is 1.92. The maximum absolute atomic E-state index is 12.3. The molecule has 0 atom stereocenters. The van der Waals surface area contributed by atoms with Gasteiger partial charge in [0.05, 0.1) is 4.88 Å². The second kappa shape index (κ2) is 5.97. The predicted octanol–water partition coefficient (Wildman–Crippen LogP) is 5.09. The quantitative estimate of drug-likeness (QED) is 0.725. The number of anilines is 1. The standard InChI is InChI=1S/C15H11ClN2OS2/c1-9-4-5-10(16)7-11(9)17-14(19)12-8-21-15(18-12)13-3-2-6-20-13/h2-8H,1H3,(H,17,19). The Morgan fingerprint density at radius 2 is 2.14 bits per heavy atom. The second-order valence-corrected chi connectivity index (χ2v) is 6.67. The van der Waals surface area contributed by atoms with Gasteiger partial charge >= 0.3 is 0 Å². The Labute approximate surface area is 135 Å². The minimum atomic E-state index is -0.223. The molecule has 0 aliphatic heterocycles. The average Bonchev–Trinajstić information content (AvgIpc) is 3.12. The third-order valence-corrected chi connectivity index (χ3v) is 5.03. The van der Waals surface area contributed by atoms with E-state index >= 15 is 0 Å². The van der Waals surface area contributed by atoms with E-state index < -0.39 is 0 Å². The van der Waals surface area contributed by atoms with Crippen molar-refractivity contribution in [1.29, 1.82) is 0 Å². The van der Waals surface area contributed by atoms with Gasteiger partial charge in [-0.05, 0) is 36.1 Å². The number of nitrogens with one attached hydrogen (secondary N) is 1. The molecular formula is C15H11ClN2OS2. The van der Waals surface area contributed by atoms with Crippen LogP contribution in [-0.2, 0) is 0 Å². The highest BCUT2D eigenvalue weighted by molar-refractivity contribution is 7.20. The van der Waals surface area contributed by atoms with Gasteiger partial charge in [-0.3, -0.25) is 4.79 Å². The highest BCUT2D eigenvalue weighted by atomic mass is 35.5. The molecule has 0 saturated heterocycles. The van der Waals surface area contributed by atoms with Crippen molar-refractivity contribution in [2.45, 2.75) is 6.92 Å². The van der Waals surface area contributed by atoms with Crippen LogP contribution in [0.15, 0.2) is 41.1 Å². The largest absolute Gasteiger partial charge is 0.320 e. The summed E-state index contributed by atoms with van der Waals surface area (Å²) in [5.74, 6) is -0.223. The Kier molecular flexibility index (Phi) is 4.05. The van der Waals surface area contributed by atoms with Crippen molar-refractivity contribution in [2.75, 3.05) is 5.32 Å². The Balaban J connectivity index is 1.81. The van der Waals surface area contributed by atoms with E-state index in [1.165, 1.54) is 11.3 Å². The van der Waals surface area contributed by atoms with E-state index in [2.05, 4.69) is 10.3 Å². The topological polar surface area (TPSA) is 42.0 Å². The summed E-state index contributed by atoms with van der Waals surface area (Å²) in [6, 6.07) is 9.37. The van der Waals surface area contributed by atoms with Crippen LogP contribution in [0.1, 0.15) is 16.1 Å². The van der Waals surface area contributed by atoms with Crippen LogP contribution in [0, 0.1) is 6.92 Å². The maximum Gasteiger partial charge on any atom is 0.275 e. The number of thiazole rings is 1. The molecule has 0 aliphatic rings. The molecule has 0 saturated carbocycles. The molecule has 2 aromatic heterocycles. The first-order chi connectivity index (χ1) is 10.1. The minimum Gasteiger partial charge on any atom is -0.320 e. The van der Waals surface area contributed by atoms with Gasteiger partial charge in [-0.2, -0.15) is 0 Å². The SMILES string of the molecule is Cc1ccc(Cl)cc1NC(=O)c1csc(-c2cccs2)n1. The van der Waals surface area contributed by atoms with Crippen LogP contribution in [-0.4, -0.2) is 10.9 Å². The third-order valence-electron chi connectivity index (χ3n) is 2.92. The number of hydrogen-bond donors (Lipinski definition) is 1. The number of hydrogen-bond acceptors (Lipinski definition) is 4.